The summed E-state index contributed by atoms with van der Waals surface area (Å²) in [5.74, 6) is -0.345. The number of carbonyl (C=O) groups is 2. The predicted molar refractivity (Wildman–Crippen MR) is 91.7 cm³/mol. The van der Waals surface area contributed by atoms with Gasteiger partial charge in [-0.05, 0) is 17.7 Å². The molecule has 10 heteroatoms. The maximum absolute atomic E-state index is 12.2. The van der Waals surface area contributed by atoms with E-state index in [0.717, 1.165) is 16.6 Å². The topological polar surface area (TPSA) is 101 Å². The Morgan fingerprint density at radius 3 is 2.83 bits per heavy atom. The van der Waals surface area contributed by atoms with Gasteiger partial charge >= 0.3 is 0 Å². The van der Waals surface area contributed by atoms with Gasteiger partial charge in [-0.1, -0.05) is 17.4 Å². The van der Waals surface area contributed by atoms with Crippen LogP contribution in [0.1, 0.15) is 18.4 Å². The van der Waals surface area contributed by atoms with Gasteiger partial charge in [0.1, 0.15) is 16.5 Å². The zero-order valence-corrected chi connectivity index (χ0v) is 14.4. The van der Waals surface area contributed by atoms with Crippen molar-refractivity contribution in [3.05, 3.63) is 29.3 Å². The van der Waals surface area contributed by atoms with Gasteiger partial charge in [-0.3, -0.25) is 9.59 Å². The summed E-state index contributed by atoms with van der Waals surface area (Å²) in [6.07, 6.45) is 0.249. The van der Waals surface area contributed by atoms with Crippen molar-refractivity contribution < 1.29 is 9.59 Å². The van der Waals surface area contributed by atoms with E-state index < -0.39 is 0 Å². The van der Waals surface area contributed by atoms with Crippen LogP contribution >= 0.6 is 23.1 Å². The molecule has 2 aromatic heterocycles. The minimum atomic E-state index is -0.247. The molecule has 0 radical (unpaired) electrons. The van der Waals surface area contributed by atoms with Crippen molar-refractivity contribution in [1.82, 2.24) is 23.8 Å². The molecule has 8 nitrogen and oxygen atoms in total. The minimum absolute atomic E-state index is 0.0982. The molecule has 0 saturated heterocycles. The molecule has 0 spiro atoms. The predicted octanol–water partition coefficient (Wildman–Crippen LogP) is 1.92. The van der Waals surface area contributed by atoms with E-state index in [4.69, 9.17) is 0 Å². The van der Waals surface area contributed by atoms with E-state index in [9.17, 15) is 9.59 Å². The Balaban J connectivity index is 1.49. The molecule has 0 unspecified atom stereocenters. The lowest BCUT2D eigenvalue weighted by Crippen LogP contribution is -2.27. The van der Waals surface area contributed by atoms with Crippen LogP contribution in [-0.4, -0.2) is 42.7 Å². The Hall–Kier alpha value is -2.46. The van der Waals surface area contributed by atoms with Crippen molar-refractivity contribution in [3.63, 3.8) is 0 Å². The molecule has 0 saturated carbocycles. The second-order valence-electron chi connectivity index (χ2n) is 5.13. The number of amides is 2. The third-order valence-electron chi connectivity index (χ3n) is 3.34. The maximum atomic E-state index is 12.2. The second-order valence-corrected chi connectivity index (χ2v) is 6.49. The third-order valence-corrected chi connectivity index (χ3v) is 4.50. The number of carbonyl (C=O) groups excluding carboxylic acids is 2. The van der Waals surface area contributed by atoms with Crippen LogP contribution < -0.4 is 5.32 Å². The van der Waals surface area contributed by atoms with E-state index in [1.165, 1.54) is 28.6 Å². The normalized spacial score (nSPS) is 10.7. The van der Waals surface area contributed by atoms with Crippen LogP contribution in [0.5, 0.6) is 0 Å². The molecule has 2 amide bonds. The summed E-state index contributed by atoms with van der Waals surface area (Å²) < 4.78 is 8.34. The molecule has 0 aliphatic rings. The Labute approximate surface area is 145 Å². The highest BCUT2D eigenvalue weighted by Crippen LogP contribution is 2.15. The quantitative estimate of drug-likeness (QED) is 0.719. The van der Waals surface area contributed by atoms with Crippen molar-refractivity contribution in [3.8, 4) is 0 Å². The Morgan fingerprint density at radius 2 is 2.04 bits per heavy atom. The van der Waals surface area contributed by atoms with Crippen LogP contribution in [0.15, 0.2) is 23.7 Å². The fraction of sp³-hybridized carbons (Fsp3) is 0.286. The van der Waals surface area contributed by atoms with E-state index in [0.29, 0.717) is 11.7 Å². The summed E-state index contributed by atoms with van der Waals surface area (Å²) in [5, 5.41) is 10.4. The average molecular weight is 362 g/mol. The van der Waals surface area contributed by atoms with Gasteiger partial charge < -0.3 is 10.2 Å². The van der Waals surface area contributed by atoms with E-state index in [1.54, 1.807) is 11.9 Å². The number of anilines is 1. The number of rotatable bonds is 6. The summed E-state index contributed by atoms with van der Waals surface area (Å²) in [7, 11) is 1.72. The Kier molecular flexibility index (Phi) is 5.06. The molecular formula is C14H14N6O2S2. The number of nitrogens with zero attached hydrogens (tertiary/aromatic N) is 5. The molecule has 1 aromatic carbocycles. The summed E-state index contributed by atoms with van der Waals surface area (Å²) >= 11 is 2.40. The summed E-state index contributed by atoms with van der Waals surface area (Å²) in [6, 6.07) is 5.74. The zero-order valence-electron chi connectivity index (χ0n) is 12.8. The van der Waals surface area contributed by atoms with Gasteiger partial charge in [0.15, 0.2) is 0 Å². The molecule has 0 aliphatic heterocycles. The fourth-order valence-corrected chi connectivity index (χ4v) is 3.09. The van der Waals surface area contributed by atoms with Gasteiger partial charge in [0.05, 0.1) is 11.7 Å². The van der Waals surface area contributed by atoms with Crippen LogP contribution in [0.25, 0.3) is 11.0 Å². The summed E-state index contributed by atoms with van der Waals surface area (Å²) in [4.78, 5) is 25.5. The first-order chi connectivity index (χ1) is 11.6. The number of benzene rings is 1. The molecule has 0 bridgehead atoms. The number of hydrogen-bond donors (Lipinski definition) is 1. The smallest absolute Gasteiger partial charge is 0.226 e. The van der Waals surface area contributed by atoms with Crippen molar-refractivity contribution in [1.29, 1.82) is 0 Å². The van der Waals surface area contributed by atoms with Gasteiger partial charge in [0.2, 0.25) is 16.9 Å². The molecular weight excluding hydrogens is 348 g/mol. The number of nitrogens with one attached hydrogen (secondary N) is 1. The third kappa shape index (κ3) is 4.09. The van der Waals surface area contributed by atoms with E-state index in [-0.39, 0.29) is 24.7 Å². The van der Waals surface area contributed by atoms with Gasteiger partial charge in [0.25, 0.3) is 0 Å². The fourth-order valence-electron chi connectivity index (χ4n) is 2.11. The maximum Gasteiger partial charge on any atom is 0.226 e. The van der Waals surface area contributed by atoms with E-state index >= 15 is 0 Å². The SMILES string of the molecule is CN(Cc1ccc2nsnc2c1)C(=O)CCC(=O)Nc1nncs1. The van der Waals surface area contributed by atoms with Crippen LogP contribution in [0, 0.1) is 0 Å². The van der Waals surface area contributed by atoms with Crippen molar-refractivity contribution in [2.45, 2.75) is 19.4 Å². The second kappa shape index (κ2) is 7.41. The molecule has 0 fully saturated rings. The molecule has 24 heavy (non-hydrogen) atoms. The summed E-state index contributed by atoms with van der Waals surface area (Å²) in [6.45, 7) is 0.463. The van der Waals surface area contributed by atoms with Crippen LogP contribution in [0.2, 0.25) is 0 Å². The standard InChI is InChI=1S/C14H14N6O2S2/c1-20(7-9-2-3-10-11(6-9)19-24-18-10)13(22)5-4-12(21)16-14-17-15-8-23-14/h2-3,6,8H,4-5,7H2,1H3,(H,16,17,21). The van der Waals surface area contributed by atoms with E-state index in [2.05, 4.69) is 24.3 Å². The number of hydrogen-bond acceptors (Lipinski definition) is 8. The molecule has 0 aliphatic carbocycles. The first kappa shape index (κ1) is 16.4. The minimum Gasteiger partial charge on any atom is -0.341 e. The highest BCUT2D eigenvalue weighted by molar-refractivity contribution is 7.13. The van der Waals surface area contributed by atoms with Gasteiger partial charge in [0, 0.05) is 26.4 Å². The van der Waals surface area contributed by atoms with Crippen molar-refractivity contribution >= 4 is 51.0 Å². The molecule has 1 N–H and O–H groups in total. The molecule has 2 heterocycles. The van der Waals surface area contributed by atoms with Crippen molar-refractivity contribution in [2.75, 3.05) is 12.4 Å². The zero-order chi connectivity index (χ0) is 16.9. The van der Waals surface area contributed by atoms with Gasteiger partial charge in [-0.25, -0.2) is 0 Å². The molecule has 0 atom stereocenters. The Morgan fingerprint density at radius 1 is 1.21 bits per heavy atom. The lowest BCUT2D eigenvalue weighted by molar-refractivity contribution is -0.132. The lowest BCUT2D eigenvalue weighted by Gasteiger charge is -2.17. The van der Waals surface area contributed by atoms with Crippen LogP contribution in [0.4, 0.5) is 5.13 Å². The first-order valence-corrected chi connectivity index (χ1v) is 8.74. The largest absolute Gasteiger partial charge is 0.341 e. The molecule has 3 aromatic rings. The van der Waals surface area contributed by atoms with Crippen LogP contribution in [-0.2, 0) is 16.1 Å². The van der Waals surface area contributed by atoms with Gasteiger partial charge in [-0.15, -0.1) is 10.2 Å². The highest BCUT2D eigenvalue weighted by atomic mass is 32.1. The van der Waals surface area contributed by atoms with Gasteiger partial charge in [-0.2, -0.15) is 8.75 Å². The first-order valence-electron chi connectivity index (χ1n) is 7.13. The van der Waals surface area contributed by atoms with E-state index in [1.807, 2.05) is 18.2 Å². The number of aromatic nitrogens is 4. The highest BCUT2D eigenvalue weighted by Gasteiger charge is 2.13. The monoisotopic (exact) mass is 362 g/mol. The Bertz CT molecular complexity index is 848. The average Bonchev–Trinajstić information content (AvgIpc) is 3.23. The molecule has 3 rings (SSSR count). The molecule has 124 valence electrons. The summed E-state index contributed by atoms with van der Waals surface area (Å²) in [5.41, 5.74) is 4.19. The number of fused-ring (bicyclic) bond motifs is 1. The van der Waals surface area contributed by atoms with Crippen LogP contribution in [0.3, 0.4) is 0 Å². The lowest BCUT2D eigenvalue weighted by atomic mass is 10.2. The van der Waals surface area contributed by atoms with Crippen molar-refractivity contribution in [2.24, 2.45) is 0 Å².